The smallest absolute Gasteiger partial charge is 0.391 e. The Bertz CT molecular complexity index is 1200. The van der Waals surface area contributed by atoms with Crippen LogP contribution < -0.4 is 14.9 Å². The molecule has 1 saturated heterocycles. The van der Waals surface area contributed by atoms with Gasteiger partial charge < -0.3 is 10.2 Å². The fourth-order valence-electron chi connectivity index (χ4n) is 5.22. The number of alkyl halides is 3. The van der Waals surface area contributed by atoms with Gasteiger partial charge in [0.25, 0.3) is 10.0 Å². The number of benzene rings is 1. The highest BCUT2D eigenvalue weighted by molar-refractivity contribution is 7.93. The van der Waals surface area contributed by atoms with E-state index in [1.165, 1.54) is 18.5 Å². The molecule has 0 spiro atoms. The van der Waals surface area contributed by atoms with Crippen molar-refractivity contribution in [2.24, 2.45) is 11.0 Å². The molecule has 190 valence electrons. The summed E-state index contributed by atoms with van der Waals surface area (Å²) in [5, 5.41) is 4.25. The monoisotopic (exact) mass is 530 g/mol. The number of nitrogens with zero attached hydrogens (tertiary/aromatic N) is 4. The molecule has 2 aromatic rings. The van der Waals surface area contributed by atoms with Crippen LogP contribution in [0, 0.1) is 5.92 Å². The molecule has 35 heavy (non-hydrogen) atoms. The number of likely N-dealkylation sites (tertiary alicyclic amines) is 1. The third-order valence-corrected chi connectivity index (χ3v) is 9.10. The Balaban J connectivity index is 1.44. The van der Waals surface area contributed by atoms with E-state index >= 15 is 0 Å². The van der Waals surface area contributed by atoms with E-state index in [0.29, 0.717) is 25.2 Å². The van der Waals surface area contributed by atoms with Crippen LogP contribution in [-0.2, 0) is 10.0 Å². The van der Waals surface area contributed by atoms with Crippen LogP contribution in [0.5, 0.6) is 5.75 Å². The van der Waals surface area contributed by atoms with Gasteiger partial charge in [0.15, 0.2) is 0 Å². The molecule has 0 saturated carbocycles. The highest BCUT2D eigenvalue weighted by Gasteiger charge is 2.51. The van der Waals surface area contributed by atoms with Gasteiger partial charge in [0.2, 0.25) is 5.13 Å². The van der Waals surface area contributed by atoms with Crippen LogP contribution in [0.4, 0.5) is 18.3 Å². The topological polar surface area (TPSA) is 109 Å². The van der Waals surface area contributed by atoms with Crippen molar-refractivity contribution >= 4 is 32.9 Å². The van der Waals surface area contributed by atoms with Gasteiger partial charge in [-0.25, -0.2) is 13.4 Å². The van der Waals surface area contributed by atoms with Gasteiger partial charge in [0, 0.05) is 54.3 Å². The Morgan fingerprint density at radius 3 is 2.83 bits per heavy atom. The van der Waals surface area contributed by atoms with Gasteiger partial charge in [0.05, 0.1) is 23.0 Å². The minimum atomic E-state index is -4.25. The van der Waals surface area contributed by atoms with Gasteiger partial charge in [-0.3, -0.25) is 9.62 Å². The van der Waals surface area contributed by atoms with E-state index in [4.69, 9.17) is 4.74 Å². The number of sulfonamides is 1. The lowest BCUT2D eigenvalue weighted by atomic mass is 9.77. The maximum atomic E-state index is 13.7. The predicted octanol–water partition coefficient (Wildman–Crippen LogP) is 3.54. The van der Waals surface area contributed by atoms with Crippen LogP contribution in [-0.4, -0.2) is 59.8 Å². The average molecular weight is 531 g/mol. The zero-order valence-corrected chi connectivity index (χ0v) is 20.5. The van der Waals surface area contributed by atoms with E-state index < -0.39 is 33.7 Å². The van der Waals surface area contributed by atoms with Crippen LogP contribution in [0.2, 0.25) is 0 Å². The molecule has 0 bridgehead atoms. The second-order valence-electron chi connectivity index (χ2n) is 9.27. The molecule has 1 unspecified atom stereocenters. The lowest BCUT2D eigenvalue weighted by Crippen LogP contribution is -2.61. The molecule has 3 aliphatic heterocycles. The minimum absolute atomic E-state index is 0.0113. The van der Waals surface area contributed by atoms with Crippen molar-refractivity contribution in [3.63, 3.8) is 0 Å². The van der Waals surface area contributed by atoms with E-state index in [-0.39, 0.29) is 35.5 Å². The summed E-state index contributed by atoms with van der Waals surface area (Å²) in [6.45, 7) is 2.51. The molecule has 9 nitrogen and oxygen atoms in total. The number of hydrogen-bond acceptors (Lipinski definition) is 9. The maximum absolute atomic E-state index is 13.7. The molecule has 1 aromatic heterocycles. The zero-order valence-electron chi connectivity index (χ0n) is 18.8. The number of nitrogens with one attached hydrogen (secondary N) is 2. The number of halogens is 3. The molecule has 3 aliphatic rings. The fraction of sp³-hybridized carbons (Fsp3) is 0.571. The summed E-state index contributed by atoms with van der Waals surface area (Å²) in [5.41, 5.74) is 3.19. The largest absolute Gasteiger partial charge is 0.493 e. The molecule has 0 amide bonds. The molecule has 5 rings (SSSR count). The van der Waals surface area contributed by atoms with Gasteiger partial charge in [-0.05, 0) is 32.4 Å². The van der Waals surface area contributed by atoms with Crippen molar-refractivity contribution in [1.29, 1.82) is 0 Å². The summed E-state index contributed by atoms with van der Waals surface area (Å²) in [4.78, 5) is 5.98. The Labute approximate surface area is 205 Å². The van der Waals surface area contributed by atoms with Crippen molar-refractivity contribution in [2.45, 2.75) is 61.3 Å². The number of hydrazone groups is 1. The fourth-order valence-corrected chi connectivity index (χ4v) is 6.90. The Morgan fingerprint density at radius 2 is 2.14 bits per heavy atom. The van der Waals surface area contributed by atoms with Crippen molar-refractivity contribution in [3.05, 3.63) is 30.1 Å². The number of fused-ring (bicyclic) bond motifs is 1. The van der Waals surface area contributed by atoms with Gasteiger partial charge in [-0.1, -0.05) is 6.07 Å². The van der Waals surface area contributed by atoms with Crippen LogP contribution in [0.1, 0.15) is 44.2 Å². The van der Waals surface area contributed by atoms with E-state index in [1.54, 1.807) is 12.3 Å². The Hall–Kier alpha value is -2.45. The molecule has 14 heteroatoms. The second-order valence-corrected chi connectivity index (χ2v) is 11.7. The van der Waals surface area contributed by atoms with Gasteiger partial charge >= 0.3 is 6.18 Å². The summed E-state index contributed by atoms with van der Waals surface area (Å²) in [6.07, 6.45) is -0.183. The highest BCUT2D eigenvalue weighted by atomic mass is 32.2. The normalized spacial score (nSPS) is 29.3. The minimum Gasteiger partial charge on any atom is -0.493 e. The summed E-state index contributed by atoms with van der Waals surface area (Å²) >= 11 is 0.921. The third-order valence-electron chi connectivity index (χ3n) is 7.06. The first kappa shape index (κ1) is 24.3. The third kappa shape index (κ3) is 4.70. The lowest BCUT2D eigenvalue weighted by Gasteiger charge is -2.51. The SMILES string of the molecule is CC1([C@H]2C[C@@H](C(F)(F)F)CCN2[C@H]2CCOc3cc(S(=O)(=O)Nc4ncns4)ccc32)CC=NN1. The molecular weight excluding hydrogens is 505 g/mol. The van der Waals surface area contributed by atoms with Crippen LogP contribution in [0.15, 0.2) is 34.5 Å². The van der Waals surface area contributed by atoms with Gasteiger partial charge in [-0.2, -0.15) is 22.6 Å². The van der Waals surface area contributed by atoms with Gasteiger partial charge in [0.1, 0.15) is 12.1 Å². The second kappa shape index (κ2) is 8.89. The van der Waals surface area contributed by atoms with Crippen molar-refractivity contribution in [1.82, 2.24) is 19.7 Å². The predicted molar refractivity (Wildman–Crippen MR) is 124 cm³/mol. The standard InChI is InChI=1S/C21H25F3N6O3S2/c1-20(6-7-26-29-20)18-10-13(21(22,23)24)4-8-30(18)16-5-9-33-17-11-14(2-3-15(16)17)35(31,32)28-19-25-12-27-34-19/h2-3,7,11-13,16,18,29H,4-6,8-10H2,1H3,(H,25,27,28)/t13-,16-,18+,20?/m0/s1. The Kier molecular flexibility index (Phi) is 6.16. The first-order valence-electron chi connectivity index (χ1n) is 11.2. The van der Waals surface area contributed by atoms with E-state index in [0.717, 1.165) is 17.1 Å². The average Bonchev–Trinajstić information content (AvgIpc) is 3.49. The zero-order chi connectivity index (χ0) is 24.8. The number of ether oxygens (including phenoxy) is 1. The summed E-state index contributed by atoms with van der Waals surface area (Å²) in [7, 11) is -3.90. The Morgan fingerprint density at radius 1 is 1.31 bits per heavy atom. The highest BCUT2D eigenvalue weighted by Crippen LogP contribution is 2.46. The first-order valence-corrected chi connectivity index (χ1v) is 13.5. The molecular formula is C21H25F3N6O3S2. The van der Waals surface area contributed by atoms with Crippen molar-refractivity contribution < 1.29 is 26.3 Å². The molecule has 4 heterocycles. The van der Waals surface area contributed by atoms with E-state index in [9.17, 15) is 21.6 Å². The number of anilines is 1. The van der Waals surface area contributed by atoms with Crippen LogP contribution >= 0.6 is 11.5 Å². The molecule has 4 atom stereocenters. The number of piperidine rings is 1. The number of hydrogen-bond donors (Lipinski definition) is 2. The lowest BCUT2D eigenvalue weighted by molar-refractivity contribution is -0.195. The van der Waals surface area contributed by atoms with Gasteiger partial charge in [-0.15, -0.1) is 0 Å². The van der Waals surface area contributed by atoms with Crippen molar-refractivity contribution in [3.8, 4) is 5.75 Å². The first-order chi connectivity index (χ1) is 16.6. The molecule has 2 N–H and O–H groups in total. The number of aromatic nitrogens is 2. The number of rotatable bonds is 5. The summed E-state index contributed by atoms with van der Waals surface area (Å²) < 4.78 is 78.6. The van der Waals surface area contributed by atoms with Crippen LogP contribution in [0.25, 0.3) is 0 Å². The van der Waals surface area contributed by atoms with E-state index in [1.807, 2.05) is 6.92 Å². The van der Waals surface area contributed by atoms with Crippen LogP contribution in [0.3, 0.4) is 0 Å². The summed E-state index contributed by atoms with van der Waals surface area (Å²) in [6, 6.07) is 4.02. The molecule has 1 fully saturated rings. The molecule has 1 aromatic carbocycles. The summed E-state index contributed by atoms with van der Waals surface area (Å²) in [5.74, 6) is -0.958. The maximum Gasteiger partial charge on any atom is 0.391 e. The quantitative estimate of drug-likeness (QED) is 0.609. The molecule has 0 aliphatic carbocycles. The van der Waals surface area contributed by atoms with E-state index in [2.05, 4.69) is 29.5 Å². The van der Waals surface area contributed by atoms with Crippen molar-refractivity contribution in [2.75, 3.05) is 17.9 Å². The molecule has 0 radical (unpaired) electrons.